The Morgan fingerprint density at radius 1 is 1.18 bits per heavy atom. The van der Waals surface area contributed by atoms with Crippen LogP contribution in [0.25, 0.3) is 16.6 Å². The van der Waals surface area contributed by atoms with E-state index in [0.717, 1.165) is 6.42 Å². The minimum absolute atomic E-state index is 0.0734. The molecular formula is C21H22ClN3O2S. The highest BCUT2D eigenvalue weighted by molar-refractivity contribution is 7.99. The van der Waals surface area contributed by atoms with Crippen molar-refractivity contribution in [3.8, 4) is 5.69 Å². The van der Waals surface area contributed by atoms with Crippen molar-refractivity contribution >= 4 is 40.2 Å². The molecule has 3 aromatic rings. The summed E-state index contributed by atoms with van der Waals surface area (Å²) in [6, 6.07) is 14.2. The Labute approximate surface area is 173 Å². The molecule has 146 valence electrons. The van der Waals surface area contributed by atoms with E-state index in [2.05, 4.69) is 24.1 Å². The summed E-state index contributed by atoms with van der Waals surface area (Å²) >= 11 is 7.23. The van der Waals surface area contributed by atoms with Gasteiger partial charge in [-0.1, -0.05) is 49.3 Å². The molecule has 0 aliphatic rings. The van der Waals surface area contributed by atoms with Crippen molar-refractivity contribution in [2.75, 3.05) is 12.3 Å². The van der Waals surface area contributed by atoms with Crippen LogP contribution in [0.3, 0.4) is 0 Å². The highest BCUT2D eigenvalue weighted by Gasteiger charge is 2.14. The third-order valence-electron chi connectivity index (χ3n) is 4.21. The Balaban J connectivity index is 1.91. The number of thioether (sulfide) groups is 1. The summed E-state index contributed by atoms with van der Waals surface area (Å²) < 4.78 is 1.53. The molecule has 0 spiro atoms. The van der Waals surface area contributed by atoms with E-state index in [1.165, 1.54) is 16.3 Å². The topological polar surface area (TPSA) is 64.0 Å². The summed E-state index contributed by atoms with van der Waals surface area (Å²) in [6.07, 6.45) is 0.931. The standard InChI is InChI=1S/C21H22ClN3O2S/c1-14(2)11-12-23-19(26)13-28-21-24-18-6-4-3-5-17(18)20(27)25(21)16-9-7-15(22)8-10-16/h3-10,14H,11-13H2,1-2H3,(H,23,26). The van der Waals surface area contributed by atoms with Gasteiger partial charge in [-0.25, -0.2) is 4.98 Å². The first-order valence-electron chi connectivity index (χ1n) is 9.13. The molecule has 0 aliphatic carbocycles. The van der Waals surface area contributed by atoms with E-state index < -0.39 is 0 Å². The van der Waals surface area contributed by atoms with Gasteiger partial charge >= 0.3 is 0 Å². The second-order valence-corrected chi connectivity index (χ2v) is 8.23. The largest absolute Gasteiger partial charge is 0.355 e. The first-order chi connectivity index (χ1) is 13.5. The van der Waals surface area contributed by atoms with E-state index in [-0.39, 0.29) is 17.2 Å². The van der Waals surface area contributed by atoms with E-state index in [1.807, 2.05) is 12.1 Å². The molecule has 1 amide bonds. The number of carbonyl (C=O) groups excluding carboxylic acids is 1. The summed E-state index contributed by atoms with van der Waals surface area (Å²) in [7, 11) is 0. The lowest BCUT2D eigenvalue weighted by molar-refractivity contribution is -0.118. The number of nitrogens with zero attached hydrogens (tertiary/aromatic N) is 2. The maximum Gasteiger partial charge on any atom is 0.266 e. The van der Waals surface area contributed by atoms with Crippen molar-refractivity contribution < 1.29 is 4.79 Å². The smallest absolute Gasteiger partial charge is 0.266 e. The normalized spacial score (nSPS) is 11.1. The Kier molecular flexibility index (Phi) is 6.75. The maximum absolute atomic E-state index is 13.1. The van der Waals surface area contributed by atoms with Crippen molar-refractivity contribution in [1.82, 2.24) is 14.9 Å². The molecule has 1 aromatic heterocycles. The first-order valence-corrected chi connectivity index (χ1v) is 10.5. The van der Waals surface area contributed by atoms with Gasteiger partial charge in [0.15, 0.2) is 5.16 Å². The fraction of sp³-hybridized carbons (Fsp3) is 0.286. The van der Waals surface area contributed by atoms with Gasteiger partial charge in [-0.3, -0.25) is 14.2 Å². The Morgan fingerprint density at radius 2 is 1.89 bits per heavy atom. The summed E-state index contributed by atoms with van der Waals surface area (Å²) in [5.41, 5.74) is 1.10. The van der Waals surface area contributed by atoms with E-state index in [0.29, 0.717) is 39.2 Å². The number of halogens is 1. The molecule has 0 radical (unpaired) electrons. The lowest BCUT2D eigenvalue weighted by atomic mass is 10.1. The molecule has 0 saturated carbocycles. The van der Waals surface area contributed by atoms with E-state index in [9.17, 15) is 9.59 Å². The minimum atomic E-state index is -0.171. The van der Waals surface area contributed by atoms with Crippen LogP contribution in [0.5, 0.6) is 0 Å². The molecule has 1 heterocycles. The van der Waals surface area contributed by atoms with Gasteiger partial charge in [-0.05, 0) is 48.7 Å². The predicted molar refractivity (Wildman–Crippen MR) is 116 cm³/mol. The molecule has 0 saturated heterocycles. The first kappa shape index (κ1) is 20.4. The molecule has 0 atom stereocenters. The molecule has 5 nitrogen and oxygen atoms in total. The number of fused-ring (bicyclic) bond motifs is 1. The fourth-order valence-electron chi connectivity index (χ4n) is 2.71. The third-order valence-corrected chi connectivity index (χ3v) is 5.40. The summed E-state index contributed by atoms with van der Waals surface area (Å²) in [4.78, 5) is 29.9. The third kappa shape index (κ3) is 4.94. The zero-order valence-corrected chi connectivity index (χ0v) is 17.4. The predicted octanol–water partition coefficient (Wildman–Crippen LogP) is 4.29. The fourth-order valence-corrected chi connectivity index (χ4v) is 3.68. The van der Waals surface area contributed by atoms with Crippen molar-refractivity contribution in [3.05, 3.63) is 63.9 Å². The number of hydrogen-bond acceptors (Lipinski definition) is 4. The van der Waals surface area contributed by atoms with Crippen molar-refractivity contribution in [2.45, 2.75) is 25.4 Å². The quantitative estimate of drug-likeness (QED) is 0.461. The molecule has 0 unspecified atom stereocenters. The van der Waals surface area contributed by atoms with Gasteiger partial charge in [0.05, 0.1) is 22.3 Å². The lowest BCUT2D eigenvalue weighted by Crippen LogP contribution is -2.28. The van der Waals surface area contributed by atoms with Crippen molar-refractivity contribution in [2.24, 2.45) is 5.92 Å². The highest BCUT2D eigenvalue weighted by atomic mass is 35.5. The van der Waals surface area contributed by atoms with Gasteiger partial charge in [0.1, 0.15) is 0 Å². The molecule has 1 N–H and O–H groups in total. The van der Waals surface area contributed by atoms with Gasteiger partial charge in [-0.2, -0.15) is 0 Å². The number of amides is 1. The van der Waals surface area contributed by atoms with Gasteiger partial charge in [0.25, 0.3) is 5.56 Å². The van der Waals surface area contributed by atoms with Crippen LogP contribution >= 0.6 is 23.4 Å². The molecule has 3 rings (SSSR count). The number of nitrogens with one attached hydrogen (secondary N) is 1. The average molecular weight is 416 g/mol. The molecule has 2 aromatic carbocycles. The van der Waals surface area contributed by atoms with Crippen LogP contribution in [-0.2, 0) is 4.79 Å². The van der Waals surface area contributed by atoms with Gasteiger partial charge in [0.2, 0.25) is 5.91 Å². The highest BCUT2D eigenvalue weighted by Crippen LogP contribution is 2.22. The Hall–Kier alpha value is -2.31. The lowest BCUT2D eigenvalue weighted by Gasteiger charge is -2.13. The number of para-hydroxylation sites is 1. The van der Waals surface area contributed by atoms with Crippen molar-refractivity contribution in [3.63, 3.8) is 0 Å². The number of carbonyl (C=O) groups is 1. The minimum Gasteiger partial charge on any atom is -0.355 e. The number of benzene rings is 2. The number of rotatable bonds is 7. The summed E-state index contributed by atoms with van der Waals surface area (Å²) in [5, 5.41) is 4.51. The Morgan fingerprint density at radius 3 is 2.61 bits per heavy atom. The molecule has 0 aliphatic heterocycles. The van der Waals surface area contributed by atoms with Crippen LogP contribution < -0.4 is 10.9 Å². The van der Waals surface area contributed by atoms with Crippen LogP contribution in [-0.4, -0.2) is 27.8 Å². The van der Waals surface area contributed by atoms with Crippen LogP contribution in [0.15, 0.2) is 58.5 Å². The van der Waals surface area contributed by atoms with E-state index in [1.54, 1.807) is 36.4 Å². The molecular weight excluding hydrogens is 394 g/mol. The zero-order valence-electron chi connectivity index (χ0n) is 15.8. The number of aromatic nitrogens is 2. The monoisotopic (exact) mass is 415 g/mol. The molecule has 28 heavy (non-hydrogen) atoms. The second kappa shape index (κ2) is 9.26. The van der Waals surface area contributed by atoms with E-state index >= 15 is 0 Å². The average Bonchev–Trinajstić information content (AvgIpc) is 2.67. The van der Waals surface area contributed by atoms with E-state index in [4.69, 9.17) is 11.6 Å². The molecule has 7 heteroatoms. The summed E-state index contributed by atoms with van der Waals surface area (Å²) in [5.74, 6) is 0.650. The maximum atomic E-state index is 13.1. The van der Waals surface area contributed by atoms with Gasteiger partial charge < -0.3 is 5.32 Å². The van der Waals surface area contributed by atoms with Gasteiger partial charge in [0, 0.05) is 11.6 Å². The van der Waals surface area contributed by atoms with Crippen molar-refractivity contribution in [1.29, 1.82) is 0 Å². The van der Waals surface area contributed by atoms with Crippen LogP contribution in [0, 0.1) is 5.92 Å². The SMILES string of the molecule is CC(C)CCNC(=O)CSc1nc2ccccc2c(=O)n1-c1ccc(Cl)cc1. The second-order valence-electron chi connectivity index (χ2n) is 6.85. The molecule has 0 fully saturated rings. The zero-order chi connectivity index (χ0) is 20.1. The van der Waals surface area contributed by atoms with Crippen LogP contribution in [0.1, 0.15) is 20.3 Å². The van der Waals surface area contributed by atoms with Crippen LogP contribution in [0.4, 0.5) is 0 Å². The van der Waals surface area contributed by atoms with Gasteiger partial charge in [-0.15, -0.1) is 0 Å². The Bertz CT molecular complexity index is 1030. The summed E-state index contributed by atoms with van der Waals surface area (Å²) in [6.45, 7) is 4.88. The molecule has 0 bridgehead atoms. The van der Waals surface area contributed by atoms with Crippen LogP contribution in [0.2, 0.25) is 5.02 Å². The number of hydrogen-bond donors (Lipinski definition) is 1.